The minimum absolute atomic E-state index is 0.0290. The van der Waals surface area contributed by atoms with Gasteiger partial charge in [0.05, 0.1) is 6.10 Å². The van der Waals surface area contributed by atoms with Gasteiger partial charge in [0.25, 0.3) is 0 Å². The highest BCUT2D eigenvalue weighted by atomic mass is 19.4. The summed E-state index contributed by atoms with van der Waals surface area (Å²) in [5, 5.41) is 26.1. The summed E-state index contributed by atoms with van der Waals surface area (Å²) in [6, 6.07) is 5.64. The molecule has 1 aromatic carbocycles. The first-order valence-electron chi connectivity index (χ1n) is 13.6. The molecule has 0 spiro atoms. The molecule has 0 radical (unpaired) electrons. The van der Waals surface area contributed by atoms with Crippen molar-refractivity contribution in [1.82, 2.24) is 25.8 Å². The highest BCUT2D eigenvalue weighted by Crippen LogP contribution is 2.52. The number of nitrogens with two attached hydrogens (primary N) is 1. The first kappa shape index (κ1) is 34.4. The van der Waals surface area contributed by atoms with Crippen LogP contribution in [0.5, 0.6) is 0 Å². The number of benzene rings is 1. The summed E-state index contributed by atoms with van der Waals surface area (Å²) in [7, 11) is 3.90. The molecule has 1 aliphatic rings. The molecule has 1 aliphatic heterocycles. The van der Waals surface area contributed by atoms with E-state index in [0.29, 0.717) is 12.1 Å². The molecule has 0 aliphatic carbocycles. The van der Waals surface area contributed by atoms with Crippen molar-refractivity contribution in [2.24, 2.45) is 16.0 Å². The SMILES string of the molecule is CCCN(CCN)CCNC.CCCN(CCNC)CCNCC(O)c1ccc(C2(C(F)(F)F)N=N2)cc1. The van der Waals surface area contributed by atoms with Gasteiger partial charge in [-0.3, -0.25) is 0 Å². The lowest BCUT2D eigenvalue weighted by molar-refractivity contribution is -0.166. The smallest absolute Gasteiger partial charge is 0.387 e. The summed E-state index contributed by atoms with van der Waals surface area (Å²) in [5.41, 5.74) is 3.59. The average Bonchev–Trinajstić information content (AvgIpc) is 3.71. The molecule has 0 fully saturated rings. The second-order valence-corrected chi connectivity index (χ2v) is 9.39. The fourth-order valence-corrected chi connectivity index (χ4v) is 4.00. The summed E-state index contributed by atoms with van der Waals surface area (Å²) in [6.07, 6.45) is -3.03. The molecule has 0 aromatic heterocycles. The molecule has 0 amide bonds. The van der Waals surface area contributed by atoms with Gasteiger partial charge in [-0.2, -0.15) is 13.2 Å². The largest absolute Gasteiger partial charge is 0.442 e. The van der Waals surface area contributed by atoms with Crippen LogP contribution < -0.4 is 21.7 Å². The average molecular weight is 547 g/mol. The van der Waals surface area contributed by atoms with Crippen LogP contribution in [-0.4, -0.2) is 107 Å². The molecule has 0 saturated heterocycles. The van der Waals surface area contributed by atoms with Crippen LogP contribution in [0.4, 0.5) is 13.2 Å². The van der Waals surface area contributed by atoms with E-state index in [0.717, 1.165) is 65.3 Å². The number of hydrogen-bond acceptors (Lipinski definition) is 9. The van der Waals surface area contributed by atoms with Crippen LogP contribution in [0.2, 0.25) is 0 Å². The molecule has 1 unspecified atom stereocenters. The van der Waals surface area contributed by atoms with E-state index in [9.17, 15) is 18.3 Å². The Hall–Kier alpha value is -1.67. The number of nitrogens with zero attached hydrogens (tertiary/aromatic N) is 4. The fraction of sp³-hybridized carbons (Fsp3) is 0.769. The third kappa shape index (κ3) is 12.0. The van der Waals surface area contributed by atoms with Crippen molar-refractivity contribution in [1.29, 1.82) is 0 Å². The molecule has 9 nitrogen and oxygen atoms in total. The highest BCUT2D eigenvalue weighted by Gasteiger charge is 2.65. The third-order valence-electron chi connectivity index (χ3n) is 6.22. The molecule has 220 valence electrons. The molecule has 6 N–H and O–H groups in total. The number of hydrogen-bond donors (Lipinski definition) is 5. The van der Waals surface area contributed by atoms with Gasteiger partial charge < -0.3 is 36.6 Å². The molecule has 1 heterocycles. The normalized spacial score (nSPS) is 15.0. The number of likely N-dealkylation sites (N-methyl/N-ethyl adjacent to an activating group) is 2. The standard InChI is InChI=1S/C18H28F3N5O.C8H21N3/c1-3-10-26(11-8-22-2)12-9-23-13-16(27)14-4-6-15(7-5-14)17(24-25-17)18(19,20)21;1-3-6-11(7-4-9)8-5-10-2/h4-7,16,22-23,27H,3,8-13H2,1-2H3;10H,3-9H2,1-2H3. The number of alkyl halides is 3. The van der Waals surface area contributed by atoms with Crippen LogP contribution in [-0.2, 0) is 5.66 Å². The molecular formula is C26H49F3N8O. The zero-order chi connectivity index (χ0) is 28.4. The van der Waals surface area contributed by atoms with E-state index in [4.69, 9.17) is 5.73 Å². The van der Waals surface area contributed by atoms with Gasteiger partial charge >= 0.3 is 11.8 Å². The Labute approximate surface area is 226 Å². The third-order valence-corrected chi connectivity index (χ3v) is 6.22. The lowest BCUT2D eigenvalue weighted by Crippen LogP contribution is -2.37. The Bertz CT molecular complexity index is 752. The van der Waals surface area contributed by atoms with E-state index in [1.54, 1.807) is 0 Å². The van der Waals surface area contributed by atoms with Crippen molar-refractivity contribution < 1.29 is 18.3 Å². The van der Waals surface area contributed by atoms with E-state index in [-0.39, 0.29) is 5.56 Å². The van der Waals surface area contributed by atoms with Gasteiger partial charge in [0, 0.05) is 64.5 Å². The summed E-state index contributed by atoms with van der Waals surface area (Å²) >= 11 is 0. The van der Waals surface area contributed by atoms with Crippen LogP contribution in [0, 0.1) is 0 Å². The lowest BCUT2D eigenvalue weighted by atomic mass is 9.99. The van der Waals surface area contributed by atoms with E-state index >= 15 is 0 Å². The van der Waals surface area contributed by atoms with Crippen molar-refractivity contribution in [2.45, 2.75) is 44.6 Å². The van der Waals surface area contributed by atoms with Gasteiger partial charge in [-0.15, -0.1) is 10.2 Å². The Balaban J connectivity index is 0.000000554. The van der Waals surface area contributed by atoms with Crippen LogP contribution in [0.15, 0.2) is 34.5 Å². The Morgan fingerprint density at radius 2 is 1.37 bits per heavy atom. The van der Waals surface area contributed by atoms with Gasteiger partial charge in [-0.05, 0) is 45.6 Å². The zero-order valence-electron chi connectivity index (χ0n) is 23.5. The van der Waals surface area contributed by atoms with E-state index in [1.165, 1.54) is 37.2 Å². The molecule has 0 saturated carbocycles. The Morgan fingerprint density at radius 3 is 1.79 bits per heavy atom. The minimum atomic E-state index is -4.54. The summed E-state index contributed by atoms with van der Waals surface area (Å²) < 4.78 is 39.0. The maximum atomic E-state index is 13.0. The van der Waals surface area contributed by atoms with Gasteiger partial charge in [0.2, 0.25) is 0 Å². The zero-order valence-corrected chi connectivity index (χ0v) is 23.5. The number of aliphatic hydroxyl groups is 1. The lowest BCUT2D eigenvalue weighted by Gasteiger charge is -2.22. The van der Waals surface area contributed by atoms with E-state index in [2.05, 4.69) is 49.8 Å². The van der Waals surface area contributed by atoms with Crippen molar-refractivity contribution >= 4 is 0 Å². The van der Waals surface area contributed by atoms with Crippen LogP contribution in [0.3, 0.4) is 0 Å². The van der Waals surface area contributed by atoms with Gasteiger partial charge in [-0.25, -0.2) is 0 Å². The number of halogens is 3. The Morgan fingerprint density at radius 1 is 0.868 bits per heavy atom. The maximum Gasteiger partial charge on any atom is 0.442 e. The summed E-state index contributed by atoms with van der Waals surface area (Å²) in [4.78, 5) is 4.72. The van der Waals surface area contributed by atoms with Crippen LogP contribution in [0.25, 0.3) is 0 Å². The maximum absolute atomic E-state index is 13.0. The monoisotopic (exact) mass is 546 g/mol. The van der Waals surface area contributed by atoms with E-state index in [1.807, 2.05) is 14.1 Å². The predicted octanol–water partition coefficient (Wildman–Crippen LogP) is 2.30. The van der Waals surface area contributed by atoms with Gasteiger partial charge in [0.15, 0.2) is 0 Å². The summed E-state index contributed by atoms with van der Waals surface area (Å²) in [6.45, 7) is 14.3. The predicted molar refractivity (Wildman–Crippen MR) is 147 cm³/mol. The summed E-state index contributed by atoms with van der Waals surface area (Å²) in [5.74, 6) is 0. The second-order valence-electron chi connectivity index (χ2n) is 9.39. The van der Waals surface area contributed by atoms with E-state index < -0.39 is 17.9 Å². The number of aliphatic hydroxyl groups excluding tert-OH is 1. The molecular weight excluding hydrogens is 497 g/mol. The molecule has 38 heavy (non-hydrogen) atoms. The van der Waals surface area contributed by atoms with Crippen LogP contribution in [0.1, 0.15) is 43.9 Å². The van der Waals surface area contributed by atoms with Gasteiger partial charge in [0.1, 0.15) is 0 Å². The molecule has 1 atom stereocenters. The van der Waals surface area contributed by atoms with Gasteiger partial charge in [-0.1, -0.05) is 38.1 Å². The molecule has 12 heteroatoms. The fourth-order valence-electron chi connectivity index (χ4n) is 4.00. The number of rotatable bonds is 19. The Kier molecular flexibility index (Phi) is 16.8. The minimum Gasteiger partial charge on any atom is -0.387 e. The molecule has 0 bridgehead atoms. The number of nitrogens with one attached hydrogen (secondary N) is 3. The molecule has 1 aromatic rings. The van der Waals surface area contributed by atoms with Crippen molar-refractivity contribution in [2.75, 3.05) is 86.1 Å². The van der Waals surface area contributed by atoms with Crippen molar-refractivity contribution in [3.8, 4) is 0 Å². The quantitative estimate of drug-likeness (QED) is 0.169. The second kappa shape index (κ2) is 18.6. The van der Waals surface area contributed by atoms with Crippen molar-refractivity contribution in [3.63, 3.8) is 0 Å². The van der Waals surface area contributed by atoms with Crippen molar-refractivity contribution in [3.05, 3.63) is 35.4 Å². The topological polar surface area (TPSA) is 114 Å². The first-order chi connectivity index (χ1) is 18.2. The highest BCUT2D eigenvalue weighted by molar-refractivity contribution is 5.33. The van der Waals surface area contributed by atoms with Crippen LogP contribution >= 0.6 is 0 Å². The molecule has 2 rings (SSSR count). The first-order valence-corrected chi connectivity index (χ1v) is 13.6.